The van der Waals surface area contributed by atoms with Gasteiger partial charge >= 0.3 is 0 Å². The van der Waals surface area contributed by atoms with E-state index in [4.69, 9.17) is 5.73 Å². The van der Waals surface area contributed by atoms with Gasteiger partial charge in [-0.3, -0.25) is 4.79 Å². The Labute approximate surface area is 189 Å². The van der Waals surface area contributed by atoms with Crippen molar-refractivity contribution in [3.05, 3.63) is 0 Å². The van der Waals surface area contributed by atoms with Crippen LogP contribution in [0.2, 0.25) is 0 Å². The maximum atomic E-state index is 11.7. The number of nitrogens with zero attached hydrogens (tertiary/aromatic N) is 1. The van der Waals surface area contributed by atoms with E-state index in [0.717, 1.165) is 19.5 Å². The third-order valence-electron chi connectivity index (χ3n) is 5.41. The van der Waals surface area contributed by atoms with E-state index in [1.165, 1.54) is 19.3 Å². The number of hydroxylamine groups is 3. The first-order chi connectivity index (χ1) is 15.0. The zero-order chi connectivity index (χ0) is 22.8. The number of quaternary nitrogens is 1. The largest absolute Gasteiger partial charge is 0.369 e. The first-order valence-corrected chi connectivity index (χ1v) is 11.5. The predicted molar refractivity (Wildman–Crippen MR) is 125 cm³/mol. The van der Waals surface area contributed by atoms with Crippen LogP contribution >= 0.6 is 0 Å². The highest BCUT2D eigenvalue weighted by molar-refractivity contribution is 5.76. The maximum Gasteiger partial charge on any atom is 0.220 e. The maximum absolute atomic E-state index is 11.7. The zero-order valence-corrected chi connectivity index (χ0v) is 19.2. The number of piperazine rings is 1. The number of unbranched alkanes of at least 4 members (excludes halogenated alkanes) is 3. The van der Waals surface area contributed by atoms with Crippen LogP contribution in [0.1, 0.15) is 71.6 Å². The minimum atomic E-state index is -0.336. The molecule has 0 aromatic carbocycles. The summed E-state index contributed by atoms with van der Waals surface area (Å²) in [5.74, 6) is 23.9. The summed E-state index contributed by atoms with van der Waals surface area (Å²) in [6.07, 6.45) is 7.21. The fraction of sp³-hybridized carbons (Fsp3) is 0.654. The number of amides is 1. The van der Waals surface area contributed by atoms with Crippen molar-refractivity contribution in [1.29, 1.82) is 0 Å². The number of nitrogens with one attached hydrogen (secondary N) is 1. The van der Waals surface area contributed by atoms with Gasteiger partial charge in [-0.1, -0.05) is 62.2 Å². The molecule has 1 aliphatic heterocycles. The van der Waals surface area contributed by atoms with Crippen LogP contribution in [0, 0.1) is 53.3 Å². The van der Waals surface area contributed by atoms with Crippen molar-refractivity contribution in [1.82, 2.24) is 5.32 Å². The first-order valence-electron chi connectivity index (χ1n) is 11.5. The molecule has 1 aliphatic rings. The molecule has 1 saturated heterocycles. The Morgan fingerprint density at radius 1 is 0.968 bits per heavy atom. The van der Waals surface area contributed by atoms with Gasteiger partial charge in [-0.2, -0.15) is 4.65 Å². The molecule has 2 unspecified atom stereocenters. The number of nitrogens with two attached hydrogens (primary N) is 1. The fourth-order valence-electron chi connectivity index (χ4n) is 3.39. The molecule has 0 saturated carbocycles. The molecule has 0 aromatic heterocycles. The smallest absolute Gasteiger partial charge is 0.220 e. The molecular formula is C26H38N3O2+. The Bertz CT molecular complexity index is 783. The lowest BCUT2D eigenvalue weighted by atomic mass is 9.95. The van der Waals surface area contributed by atoms with E-state index in [9.17, 15) is 10.0 Å². The van der Waals surface area contributed by atoms with E-state index in [0.29, 0.717) is 45.2 Å². The third-order valence-corrected chi connectivity index (χ3v) is 5.41. The normalized spacial score (nSPS) is 16.0. The van der Waals surface area contributed by atoms with Crippen molar-refractivity contribution in [2.24, 2.45) is 11.7 Å². The Kier molecular flexibility index (Phi) is 14.0. The summed E-state index contributed by atoms with van der Waals surface area (Å²) in [5.41, 5.74) is 5.52. The van der Waals surface area contributed by atoms with E-state index in [-0.39, 0.29) is 22.5 Å². The molecule has 31 heavy (non-hydrogen) atoms. The number of primary amides is 1. The molecule has 0 bridgehead atoms. The Morgan fingerprint density at radius 2 is 1.55 bits per heavy atom. The van der Waals surface area contributed by atoms with E-state index >= 15 is 0 Å². The summed E-state index contributed by atoms with van der Waals surface area (Å²) in [7, 11) is 0. The number of rotatable bonds is 8. The molecule has 0 aliphatic carbocycles. The second kappa shape index (κ2) is 16.3. The monoisotopic (exact) mass is 424 g/mol. The van der Waals surface area contributed by atoms with Gasteiger partial charge < -0.3 is 11.1 Å². The number of carbonyl (C=O) groups excluding carboxylic acids is 1. The average Bonchev–Trinajstić information content (AvgIpc) is 2.76. The predicted octanol–water partition coefficient (Wildman–Crippen LogP) is 2.83. The summed E-state index contributed by atoms with van der Waals surface area (Å²) >= 11 is 0. The van der Waals surface area contributed by atoms with Crippen LogP contribution in [-0.2, 0) is 4.79 Å². The number of hydrogen-bond acceptors (Lipinski definition) is 3. The van der Waals surface area contributed by atoms with Crippen molar-refractivity contribution >= 4 is 5.91 Å². The standard InChI is InChI=1S/C26H37N3O2/c1-3-5-6-7-8-9-10-11-12-13-14-15-16-17-18-25(23-24(4-2)26(27)30)29(31)21-19-28-20-22-29/h24-25,28,31H,3-7,10,13,16,19-23H2,1-2H3,(H-,27,30)/p+1. The average molecular weight is 425 g/mol. The van der Waals surface area contributed by atoms with E-state index in [2.05, 4.69) is 59.6 Å². The summed E-state index contributed by atoms with van der Waals surface area (Å²) in [6, 6.07) is -0.336. The van der Waals surface area contributed by atoms with Crippen molar-refractivity contribution in [2.45, 2.75) is 77.7 Å². The van der Waals surface area contributed by atoms with Crippen LogP contribution in [-0.4, -0.2) is 48.0 Å². The fourth-order valence-corrected chi connectivity index (χ4v) is 3.39. The zero-order valence-electron chi connectivity index (χ0n) is 19.2. The lowest BCUT2D eigenvalue weighted by Gasteiger charge is -2.38. The van der Waals surface area contributed by atoms with Crippen molar-refractivity contribution in [3.63, 3.8) is 0 Å². The molecule has 1 fully saturated rings. The molecule has 4 N–H and O–H groups in total. The highest BCUT2D eigenvalue weighted by Crippen LogP contribution is 2.20. The lowest BCUT2D eigenvalue weighted by Crippen LogP contribution is -2.61. The van der Waals surface area contributed by atoms with Gasteiger partial charge in [-0.25, -0.2) is 5.21 Å². The molecule has 5 nitrogen and oxygen atoms in total. The van der Waals surface area contributed by atoms with Gasteiger partial charge in [0.2, 0.25) is 5.91 Å². The number of hydrogen-bond donors (Lipinski definition) is 3. The minimum Gasteiger partial charge on any atom is -0.369 e. The third kappa shape index (κ3) is 11.5. The van der Waals surface area contributed by atoms with Crippen LogP contribution in [0.4, 0.5) is 0 Å². The quantitative estimate of drug-likeness (QED) is 0.319. The summed E-state index contributed by atoms with van der Waals surface area (Å²) < 4.78 is -0.137. The topological polar surface area (TPSA) is 75.4 Å². The summed E-state index contributed by atoms with van der Waals surface area (Å²) in [6.45, 7) is 6.71. The summed E-state index contributed by atoms with van der Waals surface area (Å²) in [5, 5.41) is 14.3. The minimum absolute atomic E-state index is 0.137. The van der Waals surface area contributed by atoms with Crippen LogP contribution in [0.15, 0.2) is 0 Å². The van der Waals surface area contributed by atoms with Crippen molar-refractivity contribution in [2.75, 3.05) is 26.2 Å². The molecule has 5 heteroatoms. The Balaban J connectivity index is 2.54. The highest BCUT2D eigenvalue weighted by atomic mass is 16.5. The van der Waals surface area contributed by atoms with Gasteiger partial charge in [-0.15, -0.1) is 5.92 Å². The van der Waals surface area contributed by atoms with Crippen LogP contribution in [0.3, 0.4) is 0 Å². The molecular weight excluding hydrogens is 386 g/mol. The van der Waals surface area contributed by atoms with Crippen LogP contribution in [0.5, 0.6) is 0 Å². The van der Waals surface area contributed by atoms with Crippen LogP contribution < -0.4 is 11.1 Å². The second-order valence-electron chi connectivity index (χ2n) is 7.81. The van der Waals surface area contributed by atoms with Gasteiger partial charge in [0.1, 0.15) is 13.1 Å². The second-order valence-corrected chi connectivity index (χ2v) is 7.81. The van der Waals surface area contributed by atoms with Crippen LogP contribution in [0.25, 0.3) is 0 Å². The molecule has 1 heterocycles. The van der Waals surface area contributed by atoms with E-state index in [1.807, 2.05) is 6.92 Å². The molecule has 0 radical (unpaired) electrons. The molecule has 168 valence electrons. The first kappa shape index (κ1) is 26.6. The van der Waals surface area contributed by atoms with Crippen molar-refractivity contribution in [3.8, 4) is 47.4 Å². The molecule has 1 rings (SSSR count). The van der Waals surface area contributed by atoms with E-state index < -0.39 is 0 Å². The number of carbonyl (C=O) groups is 1. The Morgan fingerprint density at radius 3 is 2.10 bits per heavy atom. The summed E-state index contributed by atoms with van der Waals surface area (Å²) in [4.78, 5) is 11.7. The molecule has 0 spiro atoms. The van der Waals surface area contributed by atoms with Gasteiger partial charge in [0.25, 0.3) is 0 Å². The molecule has 1 amide bonds. The SMILES string of the molecule is CCCCCC#CCC#CCC#CCC#CC(CC(CC)C(N)=O)[N+]1(O)CCNCC1. The highest BCUT2D eigenvalue weighted by Gasteiger charge is 2.38. The van der Waals surface area contributed by atoms with Crippen molar-refractivity contribution < 1.29 is 14.6 Å². The van der Waals surface area contributed by atoms with Gasteiger partial charge in [-0.05, 0) is 18.8 Å². The Hall–Kier alpha value is -2.41. The van der Waals surface area contributed by atoms with E-state index in [1.54, 1.807) is 0 Å². The molecule has 2 atom stereocenters. The lowest BCUT2D eigenvalue weighted by molar-refractivity contribution is -1.11. The van der Waals surface area contributed by atoms with Gasteiger partial charge in [0.05, 0.1) is 19.3 Å². The van der Waals surface area contributed by atoms with Gasteiger partial charge in [0.15, 0.2) is 6.04 Å². The van der Waals surface area contributed by atoms with Gasteiger partial charge in [0, 0.05) is 31.8 Å². The molecule has 0 aromatic rings.